The second-order valence-electron chi connectivity index (χ2n) is 4.58. The third-order valence-electron chi connectivity index (χ3n) is 2.52. The Hall–Kier alpha value is -0.700. The van der Waals surface area contributed by atoms with Crippen LogP contribution in [0.5, 0.6) is 0 Å². The molecule has 0 heterocycles. The highest BCUT2D eigenvalue weighted by Crippen LogP contribution is 2.13. The van der Waals surface area contributed by atoms with Crippen LogP contribution in [0.2, 0.25) is 0 Å². The number of hydrogen-bond acceptors (Lipinski definition) is 3. The van der Waals surface area contributed by atoms with Gasteiger partial charge in [0.1, 0.15) is 12.1 Å². The Bertz CT molecular complexity index is 204. The third-order valence-corrected chi connectivity index (χ3v) is 2.52. The van der Waals surface area contributed by atoms with E-state index in [2.05, 4.69) is 32.6 Å². The minimum Gasteiger partial charge on any atom is -0.302 e. The van der Waals surface area contributed by atoms with E-state index in [0.29, 0.717) is 24.9 Å². The molecule has 0 saturated heterocycles. The van der Waals surface area contributed by atoms with E-state index in [9.17, 15) is 9.59 Å². The average molecular weight is 213 g/mol. The van der Waals surface area contributed by atoms with Crippen LogP contribution < -0.4 is 0 Å². The molecule has 0 rings (SSSR count). The molecular weight excluding hydrogens is 190 g/mol. The monoisotopic (exact) mass is 213 g/mol. The lowest BCUT2D eigenvalue weighted by molar-refractivity contribution is -0.118. The molecule has 0 amide bonds. The van der Waals surface area contributed by atoms with Crippen molar-refractivity contribution in [3.8, 4) is 0 Å². The maximum atomic E-state index is 11.0. The summed E-state index contributed by atoms with van der Waals surface area (Å²) in [6, 6.07) is 0.521. The first-order valence-electron chi connectivity index (χ1n) is 5.62. The summed E-state index contributed by atoms with van der Waals surface area (Å²) in [6.45, 7) is 9.86. The Morgan fingerprint density at radius 2 is 1.67 bits per heavy atom. The van der Waals surface area contributed by atoms with Gasteiger partial charge in [-0.15, -0.1) is 0 Å². The Morgan fingerprint density at radius 3 is 1.93 bits per heavy atom. The van der Waals surface area contributed by atoms with Crippen molar-refractivity contribution in [1.29, 1.82) is 0 Å². The quantitative estimate of drug-likeness (QED) is 0.607. The summed E-state index contributed by atoms with van der Waals surface area (Å²) in [5, 5.41) is 0. The van der Waals surface area contributed by atoms with Crippen molar-refractivity contribution >= 4 is 12.1 Å². The fourth-order valence-corrected chi connectivity index (χ4v) is 2.00. The van der Waals surface area contributed by atoms with Crippen LogP contribution in [0, 0.1) is 0 Å². The number of carbonyl (C=O) groups is 2. The van der Waals surface area contributed by atoms with E-state index in [0.717, 1.165) is 6.29 Å². The van der Waals surface area contributed by atoms with Crippen molar-refractivity contribution in [3.63, 3.8) is 0 Å². The smallest absolute Gasteiger partial charge is 0.137 e. The van der Waals surface area contributed by atoms with E-state index in [1.54, 1.807) is 6.92 Å². The summed E-state index contributed by atoms with van der Waals surface area (Å²) in [5.74, 6) is 0.148. The summed E-state index contributed by atoms with van der Waals surface area (Å²) in [5.41, 5.74) is 0. The van der Waals surface area contributed by atoms with Crippen molar-refractivity contribution in [3.05, 3.63) is 0 Å². The highest BCUT2D eigenvalue weighted by atomic mass is 16.1. The largest absolute Gasteiger partial charge is 0.302 e. The highest BCUT2D eigenvalue weighted by molar-refractivity contribution is 5.76. The van der Waals surface area contributed by atoms with Gasteiger partial charge in [-0.05, 0) is 41.0 Å². The van der Waals surface area contributed by atoms with Crippen molar-refractivity contribution in [1.82, 2.24) is 4.90 Å². The zero-order valence-corrected chi connectivity index (χ0v) is 10.5. The first-order chi connectivity index (χ1) is 6.90. The van der Waals surface area contributed by atoms with Gasteiger partial charge in [-0.3, -0.25) is 4.90 Å². The number of nitrogens with zero attached hydrogens (tertiary/aromatic N) is 1. The highest BCUT2D eigenvalue weighted by Gasteiger charge is 2.23. The van der Waals surface area contributed by atoms with E-state index in [1.165, 1.54) is 0 Å². The average Bonchev–Trinajstić information content (AvgIpc) is 2.09. The summed E-state index contributed by atoms with van der Waals surface area (Å²) in [7, 11) is 0. The fraction of sp³-hybridized carbons (Fsp3) is 0.833. The van der Waals surface area contributed by atoms with Crippen LogP contribution in [-0.2, 0) is 9.59 Å². The Labute approximate surface area is 92.8 Å². The summed E-state index contributed by atoms with van der Waals surface area (Å²) >= 11 is 0. The van der Waals surface area contributed by atoms with Crippen molar-refractivity contribution in [2.24, 2.45) is 0 Å². The molecule has 0 aromatic rings. The van der Waals surface area contributed by atoms with Crippen LogP contribution in [-0.4, -0.2) is 35.1 Å². The van der Waals surface area contributed by atoms with Crippen LogP contribution in [0.15, 0.2) is 0 Å². The van der Waals surface area contributed by atoms with E-state index in [-0.39, 0.29) is 11.8 Å². The van der Waals surface area contributed by atoms with E-state index < -0.39 is 0 Å². The maximum absolute atomic E-state index is 11.0. The first kappa shape index (κ1) is 14.3. The fourth-order valence-electron chi connectivity index (χ4n) is 2.00. The molecule has 0 aliphatic carbocycles. The van der Waals surface area contributed by atoms with Gasteiger partial charge in [-0.25, -0.2) is 0 Å². The Kier molecular flexibility index (Phi) is 6.41. The zero-order chi connectivity index (χ0) is 12.0. The van der Waals surface area contributed by atoms with Crippen LogP contribution >= 0.6 is 0 Å². The molecule has 0 saturated carbocycles. The van der Waals surface area contributed by atoms with Crippen molar-refractivity contribution in [2.75, 3.05) is 0 Å². The lowest BCUT2D eigenvalue weighted by Crippen LogP contribution is -2.46. The SMILES string of the molecule is CC(=O)CCC(C=O)N(C(C)C)C(C)C. The van der Waals surface area contributed by atoms with E-state index in [1.807, 2.05) is 0 Å². The summed E-state index contributed by atoms with van der Waals surface area (Å²) in [6.07, 6.45) is 2.08. The second-order valence-corrected chi connectivity index (χ2v) is 4.58. The number of ketones is 1. The molecule has 88 valence electrons. The number of Topliss-reactive ketones (excluding diaryl/α,β-unsaturated/α-hetero) is 1. The van der Waals surface area contributed by atoms with Gasteiger partial charge in [0, 0.05) is 18.5 Å². The molecule has 3 nitrogen and oxygen atoms in total. The number of aldehydes is 1. The molecule has 1 atom stereocenters. The zero-order valence-electron chi connectivity index (χ0n) is 10.5. The molecule has 15 heavy (non-hydrogen) atoms. The summed E-state index contributed by atoms with van der Waals surface area (Å²) < 4.78 is 0. The predicted molar refractivity (Wildman–Crippen MR) is 61.9 cm³/mol. The summed E-state index contributed by atoms with van der Waals surface area (Å²) in [4.78, 5) is 24.1. The molecule has 0 N–H and O–H groups in total. The maximum Gasteiger partial charge on any atom is 0.137 e. The molecule has 0 aromatic carbocycles. The van der Waals surface area contributed by atoms with Crippen molar-refractivity contribution in [2.45, 2.75) is 65.6 Å². The normalized spacial score (nSPS) is 13.6. The molecule has 0 aliphatic heterocycles. The van der Waals surface area contributed by atoms with Crippen LogP contribution in [0.3, 0.4) is 0 Å². The van der Waals surface area contributed by atoms with Crippen LogP contribution in [0.4, 0.5) is 0 Å². The predicted octanol–water partition coefficient (Wildman–Crippen LogP) is 2.04. The molecule has 3 heteroatoms. The number of carbonyl (C=O) groups excluding carboxylic acids is 2. The van der Waals surface area contributed by atoms with Crippen LogP contribution in [0.1, 0.15) is 47.5 Å². The Balaban J connectivity index is 4.45. The van der Waals surface area contributed by atoms with Gasteiger partial charge in [0.05, 0.1) is 6.04 Å². The third kappa shape index (κ3) is 5.07. The standard InChI is InChI=1S/C12H23NO2/c1-9(2)13(10(3)4)12(8-14)7-6-11(5)15/h8-10,12H,6-7H2,1-5H3. The van der Waals surface area contributed by atoms with E-state index in [4.69, 9.17) is 0 Å². The van der Waals surface area contributed by atoms with E-state index >= 15 is 0 Å². The molecule has 0 bridgehead atoms. The van der Waals surface area contributed by atoms with Crippen LogP contribution in [0.25, 0.3) is 0 Å². The molecular formula is C12H23NO2. The molecule has 0 fully saturated rings. The second kappa shape index (κ2) is 6.72. The van der Waals surface area contributed by atoms with Gasteiger partial charge in [0.2, 0.25) is 0 Å². The Morgan fingerprint density at radius 1 is 1.20 bits per heavy atom. The molecule has 0 spiro atoms. The topological polar surface area (TPSA) is 37.4 Å². The van der Waals surface area contributed by atoms with Crippen molar-refractivity contribution < 1.29 is 9.59 Å². The van der Waals surface area contributed by atoms with Gasteiger partial charge in [-0.1, -0.05) is 0 Å². The molecule has 0 aromatic heterocycles. The van der Waals surface area contributed by atoms with Gasteiger partial charge < -0.3 is 9.59 Å². The first-order valence-corrected chi connectivity index (χ1v) is 5.62. The molecule has 0 aliphatic rings. The number of rotatable bonds is 7. The van der Waals surface area contributed by atoms with Gasteiger partial charge in [-0.2, -0.15) is 0 Å². The van der Waals surface area contributed by atoms with Gasteiger partial charge in [0.15, 0.2) is 0 Å². The minimum atomic E-state index is -0.131. The lowest BCUT2D eigenvalue weighted by atomic mass is 10.1. The van der Waals surface area contributed by atoms with Gasteiger partial charge in [0.25, 0.3) is 0 Å². The van der Waals surface area contributed by atoms with Gasteiger partial charge >= 0.3 is 0 Å². The minimum absolute atomic E-state index is 0.131. The number of hydrogen-bond donors (Lipinski definition) is 0. The molecule has 1 unspecified atom stereocenters. The lowest BCUT2D eigenvalue weighted by Gasteiger charge is -2.35. The molecule has 0 radical (unpaired) electrons.